The molecule has 1 fully saturated rings. The predicted octanol–water partition coefficient (Wildman–Crippen LogP) is 1.47. The number of hydrogen-bond donors (Lipinski definition) is 3. The number of benzene rings is 1. The summed E-state index contributed by atoms with van der Waals surface area (Å²) in [5, 5.41) is 9.65. The molecule has 4 N–H and O–H groups in total. The fourth-order valence-electron chi connectivity index (χ4n) is 3.60. The smallest absolute Gasteiger partial charge is 0.272 e. The molecule has 3 heterocycles. The fourth-order valence-corrected chi connectivity index (χ4v) is 3.60. The second-order valence-corrected chi connectivity index (χ2v) is 7.42. The van der Waals surface area contributed by atoms with Gasteiger partial charge in [0.25, 0.3) is 5.91 Å². The first kappa shape index (κ1) is 20.0. The van der Waals surface area contributed by atoms with Crippen molar-refractivity contribution in [1.29, 1.82) is 0 Å². The number of carbonyl (C=O) groups is 1. The number of nitrogens with two attached hydrogens (primary N) is 1. The number of hydrogen-bond acceptors (Lipinski definition) is 6. The minimum absolute atomic E-state index is 0.0562. The van der Waals surface area contributed by atoms with Gasteiger partial charge in [0.2, 0.25) is 0 Å². The van der Waals surface area contributed by atoms with Crippen LogP contribution in [-0.4, -0.2) is 44.0 Å². The van der Waals surface area contributed by atoms with E-state index in [4.69, 9.17) is 5.73 Å². The highest BCUT2D eigenvalue weighted by molar-refractivity contribution is 5.92. The molecule has 156 valence electrons. The van der Waals surface area contributed by atoms with E-state index < -0.39 is 29.6 Å². The minimum atomic E-state index is -1.52. The van der Waals surface area contributed by atoms with E-state index in [2.05, 4.69) is 25.7 Å². The lowest BCUT2D eigenvalue weighted by atomic mass is 9.88. The normalized spacial score (nSPS) is 23.9. The third kappa shape index (κ3) is 4.05. The highest BCUT2D eigenvalue weighted by Crippen LogP contribution is 2.33. The van der Waals surface area contributed by atoms with Gasteiger partial charge in [-0.2, -0.15) is 5.10 Å². The number of aromatic nitrogens is 4. The molecule has 0 radical (unpaired) electrons. The van der Waals surface area contributed by atoms with Gasteiger partial charge in [-0.1, -0.05) is 6.07 Å². The fraction of sp³-hybridized carbons (Fsp3) is 0.300. The summed E-state index contributed by atoms with van der Waals surface area (Å²) < 4.78 is 31.3. The number of halogens is 2. The largest absolute Gasteiger partial charge is 0.331 e. The topological polar surface area (TPSA) is 111 Å². The maximum atomic E-state index is 15.1. The van der Waals surface area contributed by atoms with Gasteiger partial charge in [0, 0.05) is 49.7 Å². The van der Waals surface area contributed by atoms with E-state index in [9.17, 15) is 9.18 Å². The number of nitrogens with zero attached hydrogens (tertiary/aromatic N) is 4. The molecule has 4 rings (SSSR count). The molecular formula is C20H21F2N7O. The molecule has 0 aliphatic carbocycles. The van der Waals surface area contributed by atoms with Crippen LogP contribution in [0.5, 0.6) is 0 Å². The molecule has 1 aliphatic heterocycles. The number of rotatable bonds is 4. The van der Waals surface area contributed by atoms with E-state index in [0.717, 1.165) is 11.1 Å². The van der Waals surface area contributed by atoms with Crippen LogP contribution in [-0.2, 0) is 7.05 Å². The number of carbonyl (C=O) groups excluding carboxylic acids is 1. The summed E-state index contributed by atoms with van der Waals surface area (Å²) in [6, 6.07) is 3.65. The zero-order valence-corrected chi connectivity index (χ0v) is 16.2. The zero-order valence-electron chi connectivity index (χ0n) is 16.2. The van der Waals surface area contributed by atoms with Gasteiger partial charge >= 0.3 is 0 Å². The Balaban J connectivity index is 1.51. The quantitative estimate of drug-likeness (QED) is 0.559. The second kappa shape index (κ2) is 7.88. The molecule has 30 heavy (non-hydrogen) atoms. The van der Waals surface area contributed by atoms with Crippen molar-refractivity contribution in [3.63, 3.8) is 0 Å². The van der Waals surface area contributed by atoms with Crippen LogP contribution in [0.15, 0.2) is 49.2 Å². The number of alkyl halides is 1. The van der Waals surface area contributed by atoms with Crippen molar-refractivity contribution < 1.29 is 13.6 Å². The highest BCUT2D eigenvalue weighted by Gasteiger charge is 2.41. The summed E-state index contributed by atoms with van der Waals surface area (Å²) >= 11 is 0. The lowest BCUT2D eigenvalue weighted by molar-refractivity contribution is 0.0777. The monoisotopic (exact) mass is 413 g/mol. The molecule has 1 aromatic carbocycles. The summed E-state index contributed by atoms with van der Waals surface area (Å²) in [7, 11) is 1.78. The first-order chi connectivity index (χ1) is 14.3. The van der Waals surface area contributed by atoms with E-state index in [-0.39, 0.29) is 24.2 Å². The third-order valence-corrected chi connectivity index (χ3v) is 5.09. The van der Waals surface area contributed by atoms with Crippen LogP contribution in [0.3, 0.4) is 0 Å². The molecule has 3 aromatic rings. The number of piperidine rings is 1. The Morgan fingerprint density at radius 2 is 2.17 bits per heavy atom. The van der Waals surface area contributed by atoms with E-state index in [1.165, 1.54) is 24.7 Å². The van der Waals surface area contributed by atoms with Gasteiger partial charge in [0.1, 0.15) is 23.3 Å². The van der Waals surface area contributed by atoms with Crippen LogP contribution in [0.1, 0.15) is 28.5 Å². The molecule has 1 saturated heterocycles. The van der Waals surface area contributed by atoms with Crippen molar-refractivity contribution in [3.8, 4) is 11.1 Å². The van der Waals surface area contributed by atoms with Crippen LogP contribution >= 0.6 is 0 Å². The van der Waals surface area contributed by atoms with E-state index in [0.29, 0.717) is 0 Å². The van der Waals surface area contributed by atoms with Crippen LogP contribution in [0, 0.1) is 5.82 Å². The maximum Gasteiger partial charge on any atom is 0.272 e. The molecule has 3 atom stereocenters. The van der Waals surface area contributed by atoms with Gasteiger partial charge < -0.3 is 16.4 Å². The molecule has 1 unspecified atom stereocenters. The van der Waals surface area contributed by atoms with Gasteiger partial charge in [0.05, 0.1) is 18.4 Å². The molecule has 0 bridgehead atoms. The van der Waals surface area contributed by atoms with E-state index in [1.54, 1.807) is 36.3 Å². The SMILES string of the molecule is Cn1cc(-c2ccc(F)c(C3NC[C@@](N)(NC(=O)c4cnccn4)C[C@@H]3F)c2)cn1. The highest BCUT2D eigenvalue weighted by atomic mass is 19.1. The van der Waals surface area contributed by atoms with Crippen molar-refractivity contribution in [1.82, 2.24) is 30.4 Å². The lowest BCUT2D eigenvalue weighted by Gasteiger charge is -2.40. The molecule has 1 amide bonds. The lowest BCUT2D eigenvalue weighted by Crippen LogP contribution is -2.66. The van der Waals surface area contributed by atoms with Gasteiger partial charge in [0.15, 0.2) is 0 Å². The van der Waals surface area contributed by atoms with Gasteiger partial charge in [-0.3, -0.25) is 14.5 Å². The maximum absolute atomic E-state index is 15.1. The van der Waals surface area contributed by atoms with Crippen molar-refractivity contribution in [3.05, 3.63) is 66.3 Å². The Hall–Kier alpha value is -3.24. The molecule has 1 aliphatic rings. The average molecular weight is 413 g/mol. The summed E-state index contributed by atoms with van der Waals surface area (Å²) in [5.74, 6) is -1.07. The Labute approximate surface area is 171 Å². The number of nitrogens with one attached hydrogen (secondary N) is 2. The van der Waals surface area contributed by atoms with Gasteiger partial charge in [-0.05, 0) is 17.7 Å². The molecule has 2 aromatic heterocycles. The van der Waals surface area contributed by atoms with Crippen molar-refractivity contribution in [2.24, 2.45) is 12.8 Å². The van der Waals surface area contributed by atoms with Crippen LogP contribution in [0.4, 0.5) is 8.78 Å². The molecule has 0 saturated carbocycles. The Morgan fingerprint density at radius 3 is 2.83 bits per heavy atom. The van der Waals surface area contributed by atoms with Crippen molar-refractivity contribution >= 4 is 5.91 Å². The van der Waals surface area contributed by atoms with Crippen LogP contribution < -0.4 is 16.4 Å². The van der Waals surface area contributed by atoms with E-state index in [1.807, 2.05) is 0 Å². The summed E-state index contributed by atoms with van der Waals surface area (Å²) in [6.07, 6.45) is 5.86. The van der Waals surface area contributed by atoms with Crippen LogP contribution in [0.25, 0.3) is 11.1 Å². The predicted molar refractivity (Wildman–Crippen MR) is 105 cm³/mol. The average Bonchev–Trinajstić information content (AvgIpc) is 3.15. The Kier molecular flexibility index (Phi) is 5.27. The summed E-state index contributed by atoms with van der Waals surface area (Å²) in [4.78, 5) is 20.1. The minimum Gasteiger partial charge on any atom is -0.331 e. The Bertz CT molecular complexity index is 1060. The van der Waals surface area contributed by atoms with Gasteiger partial charge in [-0.15, -0.1) is 0 Å². The van der Waals surface area contributed by atoms with Crippen molar-refractivity contribution in [2.45, 2.75) is 24.3 Å². The summed E-state index contributed by atoms with van der Waals surface area (Å²) in [5.41, 5.74) is 6.67. The van der Waals surface area contributed by atoms with Crippen molar-refractivity contribution in [2.75, 3.05) is 6.54 Å². The molecule has 10 heteroatoms. The number of amides is 1. The second-order valence-electron chi connectivity index (χ2n) is 7.42. The van der Waals surface area contributed by atoms with Crippen LogP contribution in [0.2, 0.25) is 0 Å². The first-order valence-corrected chi connectivity index (χ1v) is 9.38. The first-order valence-electron chi connectivity index (χ1n) is 9.38. The molecular weight excluding hydrogens is 392 g/mol. The molecule has 0 spiro atoms. The molecule has 8 nitrogen and oxygen atoms in total. The Morgan fingerprint density at radius 1 is 1.33 bits per heavy atom. The van der Waals surface area contributed by atoms with Gasteiger partial charge in [-0.25, -0.2) is 13.8 Å². The zero-order chi connectivity index (χ0) is 21.3. The number of aryl methyl sites for hydroxylation is 1. The summed E-state index contributed by atoms with van der Waals surface area (Å²) in [6.45, 7) is 0.0562. The van der Waals surface area contributed by atoms with E-state index >= 15 is 4.39 Å². The third-order valence-electron chi connectivity index (χ3n) is 5.09. The standard InChI is InChI=1S/C20H21F2N7O/c1-29-10-13(8-27-29)12-2-3-15(21)14(6-12)18-16(22)7-20(23,11-26-18)28-19(30)17-9-24-4-5-25-17/h2-6,8-10,16,18,26H,7,11,23H2,1H3,(H,28,30)/t16-,18?,20-/m0/s1.